The zero-order valence-corrected chi connectivity index (χ0v) is 18.6. The Morgan fingerprint density at radius 2 is 1.61 bits per heavy atom. The van der Waals surface area contributed by atoms with E-state index in [9.17, 15) is 9.59 Å². The van der Waals surface area contributed by atoms with E-state index in [1.807, 2.05) is 29.7 Å². The zero-order chi connectivity index (χ0) is 21.8. The van der Waals surface area contributed by atoms with Crippen molar-refractivity contribution in [2.45, 2.75) is 39.2 Å². The number of furan rings is 1. The van der Waals surface area contributed by atoms with Crippen LogP contribution in [0.15, 0.2) is 46.9 Å². The van der Waals surface area contributed by atoms with Crippen molar-refractivity contribution in [2.75, 3.05) is 39.3 Å². The molecule has 2 amide bonds. The first-order valence-corrected chi connectivity index (χ1v) is 11.4. The standard InChI is InChI=1S/C25H33N3O3/c1-19-8-9-23(31-19)25(30)28-16-14-26(15-17-28)20(2)24(29)27-12-10-22(11-13-27)18-21-6-4-3-5-7-21/h3-9,20,22H,10-18H2,1-2H3. The smallest absolute Gasteiger partial charge is 0.289 e. The lowest BCUT2D eigenvalue weighted by atomic mass is 9.90. The predicted octanol–water partition coefficient (Wildman–Crippen LogP) is 3.22. The molecule has 0 aliphatic carbocycles. The average molecular weight is 424 g/mol. The molecule has 1 unspecified atom stereocenters. The maximum Gasteiger partial charge on any atom is 0.289 e. The molecule has 0 N–H and O–H groups in total. The Morgan fingerprint density at radius 3 is 2.23 bits per heavy atom. The first kappa shape index (κ1) is 21.6. The molecule has 2 aromatic rings. The van der Waals surface area contributed by atoms with Gasteiger partial charge in [-0.05, 0) is 56.7 Å². The van der Waals surface area contributed by atoms with Gasteiger partial charge in [0.05, 0.1) is 6.04 Å². The van der Waals surface area contributed by atoms with Gasteiger partial charge >= 0.3 is 0 Å². The van der Waals surface area contributed by atoms with Gasteiger partial charge in [0, 0.05) is 39.3 Å². The van der Waals surface area contributed by atoms with E-state index >= 15 is 0 Å². The lowest BCUT2D eigenvalue weighted by molar-refractivity contribution is -0.138. The number of piperidine rings is 1. The summed E-state index contributed by atoms with van der Waals surface area (Å²) < 4.78 is 5.47. The molecular formula is C25H33N3O3. The Morgan fingerprint density at radius 1 is 0.935 bits per heavy atom. The van der Waals surface area contributed by atoms with Gasteiger partial charge in [-0.1, -0.05) is 30.3 Å². The molecule has 2 saturated heterocycles. The molecule has 31 heavy (non-hydrogen) atoms. The predicted molar refractivity (Wildman–Crippen MR) is 120 cm³/mol. The first-order chi connectivity index (χ1) is 15.0. The van der Waals surface area contributed by atoms with Crippen LogP contribution in [-0.4, -0.2) is 71.8 Å². The van der Waals surface area contributed by atoms with Crippen LogP contribution < -0.4 is 0 Å². The number of rotatable bonds is 5. The number of amides is 2. The summed E-state index contributed by atoms with van der Waals surface area (Å²) in [5.74, 6) is 1.95. The maximum atomic E-state index is 13.1. The maximum absolute atomic E-state index is 13.1. The molecule has 166 valence electrons. The molecule has 1 aromatic heterocycles. The minimum absolute atomic E-state index is 0.0628. The van der Waals surface area contributed by atoms with Gasteiger partial charge in [0.1, 0.15) is 5.76 Å². The number of benzene rings is 1. The van der Waals surface area contributed by atoms with Gasteiger partial charge in [0.25, 0.3) is 5.91 Å². The molecule has 0 spiro atoms. The van der Waals surface area contributed by atoms with Crippen LogP contribution in [0.2, 0.25) is 0 Å². The minimum atomic E-state index is -0.145. The van der Waals surface area contributed by atoms with E-state index in [0.29, 0.717) is 37.9 Å². The number of carbonyl (C=O) groups is 2. The van der Waals surface area contributed by atoms with Gasteiger partial charge < -0.3 is 14.2 Å². The largest absolute Gasteiger partial charge is 0.456 e. The fourth-order valence-corrected chi connectivity index (χ4v) is 4.74. The Hall–Kier alpha value is -2.60. The van der Waals surface area contributed by atoms with Crippen LogP contribution in [0.1, 0.15) is 41.6 Å². The highest BCUT2D eigenvalue weighted by molar-refractivity contribution is 5.91. The normalized spacial score (nSPS) is 19.4. The van der Waals surface area contributed by atoms with Crippen molar-refractivity contribution < 1.29 is 14.0 Å². The molecule has 4 rings (SSSR count). The quantitative estimate of drug-likeness (QED) is 0.741. The van der Waals surface area contributed by atoms with E-state index in [1.54, 1.807) is 6.07 Å². The summed E-state index contributed by atoms with van der Waals surface area (Å²) in [6.45, 7) is 8.20. The fourth-order valence-electron chi connectivity index (χ4n) is 4.74. The van der Waals surface area contributed by atoms with Crippen molar-refractivity contribution in [1.82, 2.24) is 14.7 Å². The van der Waals surface area contributed by atoms with Crippen LogP contribution in [0.3, 0.4) is 0 Å². The van der Waals surface area contributed by atoms with E-state index in [2.05, 4.69) is 35.2 Å². The van der Waals surface area contributed by atoms with Crippen molar-refractivity contribution >= 4 is 11.8 Å². The van der Waals surface area contributed by atoms with E-state index in [0.717, 1.165) is 38.1 Å². The molecule has 6 heteroatoms. The van der Waals surface area contributed by atoms with E-state index in [4.69, 9.17) is 4.42 Å². The summed E-state index contributed by atoms with van der Waals surface area (Å²) in [5.41, 5.74) is 1.39. The Bertz CT molecular complexity index is 878. The van der Waals surface area contributed by atoms with Gasteiger partial charge in [-0.2, -0.15) is 0 Å². The molecule has 0 saturated carbocycles. The van der Waals surface area contributed by atoms with Crippen LogP contribution >= 0.6 is 0 Å². The fraction of sp³-hybridized carbons (Fsp3) is 0.520. The van der Waals surface area contributed by atoms with Crippen LogP contribution in [0, 0.1) is 12.8 Å². The Balaban J connectivity index is 1.23. The summed E-state index contributed by atoms with van der Waals surface area (Å²) in [6, 6.07) is 14.0. The van der Waals surface area contributed by atoms with Gasteiger partial charge in [-0.3, -0.25) is 14.5 Å². The molecule has 2 aliphatic rings. The minimum Gasteiger partial charge on any atom is -0.456 e. The van der Waals surface area contributed by atoms with Gasteiger partial charge in [-0.15, -0.1) is 0 Å². The van der Waals surface area contributed by atoms with Crippen LogP contribution in [0.25, 0.3) is 0 Å². The van der Waals surface area contributed by atoms with E-state index in [1.165, 1.54) is 5.56 Å². The lowest BCUT2D eigenvalue weighted by Gasteiger charge is -2.40. The second kappa shape index (κ2) is 9.69. The Labute approximate surface area is 184 Å². The highest BCUT2D eigenvalue weighted by Crippen LogP contribution is 2.23. The second-order valence-corrected chi connectivity index (χ2v) is 8.87. The molecule has 3 heterocycles. The summed E-state index contributed by atoms with van der Waals surface area (Å²) in [6.07, 6.45) is 3.24. The van der Waals surface area contributed by atoms with Crippen molar-refractivity contribution in [1.29, 1.82) is 0 Å². The number of aryl methyl sites for hydroxylation is 1. The average Bonchev–Trinajstić information content (AvgIpc) is 3.25. The molecule has 1 aromatic carbocycles. The van der Waals surface area contributed by atoms with Crippen LogP contribution in [0.5, 0.6) is 0 Å². The summed E-state index contributed by atoms with van der Waals surface area (Å²) >= 11 is 0. The first-order valence-electron chi connectivity index (χ1n) is 11.4. The number of hydrogen-bond acceptors (Lipinski definition) is 4. The Kier molecular flexibility index (Phi) is 6.76. The monoisotopic (exact) mass is 423 g/mol. The van der Waals surface area contributed by atoms with Gasteiger partial charge in [0.2, 0.25) is 5.91 Å². The molecular weight excluding hydrogens is 390 g/mol. The number of piperazine rings is 1. The van der Waals surface area contributed by atoms with E-state index < -0.39 is 0 Å². The van der Waals surface area contributed by atoms with Gasteiger partial charge in [0.15, 0.2) is 5.76 Å². The van der Waals surface area contributed by atoms with Crippen molar-refractivity contribution in [3.63, 3.8) is 0 Å². The van der Waals surface area contributed by atoms with E-state index in [-0.39, 0.29) is 17.9 Å². The third-order valence-corrected chi connectivity index (χ3v) is 6.75. The van der Waals surface area contributed by atoms with Crippen molar-refractivity contribution in [3.05, 3.63) is 59.5 Å². The summed E-state index contributed by atoms with van der Waals surface area (Å²) in [4.78, 5) is 31.7. The highest BCUT2D eigenvalue weighted by atomic mass is 16.3. The molecule has 0 radical (unpaired) electrons. The molecule has 6 nitrogen and oxygen atoms in total. The molecule has 0 bridgehead atoms. The van der Waals surface area contributed by atoms with Crippen molar-refractivity contribution in [3.8, 4) is 0 Å². The third-order valence-electron chi connectivity index (χ3n) is 6.75. The summed E-state index contributed by atoms with van der Waals surface area (Å²) in [5, 5.41) is 0. The number of hydrogen-bond donors (Lipinski definition) is 0. The SMILES string of the molecule is Cc1ccc(C(=O)N2CCN(C(C)C(=O)N3CCC(Cc4ccccc4)CC3)CC2)o1. The van der Waals surface area contributed by atoms with Crippen LogP contribution in [0.4, 0.5) is 0 Å². The number of carbonyl (C=O) groups excluding carboxylic acids is 2. The van der Waals surface area contributed by atoms with Crippen LogP contribution in [-0.2, 0) is 11.2 Å². The zero-order valence-electron chi connectivity index (χ0n) is 18.6. The van der Waals surface area contributed by atoms with Crippen molar-refractivity contribution in [2.24, 2.45) is 5.92 Å². The second-order valence-electron chi connectivity index (χ2n) is 8.87. The third kappa shape index (κ3) is 5.18. The number of nitrogens with zero attached hydrogens (tertiary/aromatic N) is 3. The summed E-state index contributed by atoms with van der Waals surface area (Å²) in [7, 11) is 0. The van der Waals surface area contributed by atoms with Gasteiger partial charge in [-0.25, -0.2) is 0 Å². The number of likely N-dealkylation sites (tertiary alicyclic amines) is 1. The topological polar surface area (TPSA) is 57.0 Å². The lowest BCUT2D eigenvalue weighted by Crippen LogP contribution is -2.56. The molecule has 1 atom stereocenters. The molecule has 2 aliphatic heterocycles. The highest BCUT2D eigenvalue weighted by Gasteiger charge is 2.32. The molecule has 2 fully saturated rings.